The van der Waals surface area contributed by atoms with Gasteiger partial charge in [0.1, 0.15) is 5.69 Å². The molecule has 0 unspecified atom stereocenters. The minimum atomic E-state index is -0.622. The minimum absolute atomic E-state index is 0.0146. The van der Waals surface area contributed by atoms with E-state index in [9.17, 15) is 0 Å². The highest BCUT2D eigenvalue weighted by Gasteiger charge is 2.17. The van der Waals surface area contributed by atoms with E-state index in [2.05, 4.69) is 0 Å². The molecule has 1 rings (SSSR count). The van der Waals surface area contributed by atoms with Gasteiger partial charge in [0, 0.05) is 5.56 Å². The van der Waals surface area contributed by atoms with Crippen molar-refractivity contribution in [3.8, 4) is 23.0 Å². The second-order valence-electron chi connectivity index (χ2n) is 2.43. The molecule has 1 aromatic carbocycles. The fourth-order valence-electron chi connectivity index (χ4n) is 0.835. The van der Waals surface area contributed by atoms with Crippen LogP contribution in [0.25, 0.3) is 0 Å². The Morgan fingerprint density at radius 3 is 1.50 bits per heavy atom. The van der Waals surface area contributed by atoms with Gasteiger partial charge in [0.2, 0.25) is 0 Å². The van der Waals surface area contributed by atoms with Gasteiger partial charge < -0.3 is 26.2 Å². The van der Waals surface area contributed by atoms with Crippen LogP contribution in [-0.4, -0.2) is 20.4 Å². The lowest BCUT2D eigenvalue weighted by Gasteiger charge is -2.09. The van der Waals surface area contributed by atoms with E-state index < -0.39 is 28.7 Å². The van der Waals surface area contributed by atoms with Crippen molar-refractivity contribution in [3.63, 3.8) is 0 Å². The van der Waals surface area contributed by atoms with Crippen LogP contribution in [0.2, 0.25) is 0 Å². The number of benzene rings is 1. The lowest BCUT2D eigenvalue weighted by atomic mass is 10.1. The number of phenols is 4. The average molecular weight is 171 g/mol. The molecule has 0 bridgehead atoms. The van der Waals surface area contributed by atoms with Crippen LogP contribution in [-0.2, 0) is 0 Å². The maximum Gasteiger partial charge on any atom is 0.185 e. The summed E-state index contributed by atoms with van der Waals surface area (Å²) < 4.78 is 0. The van der Waals surface area contributed by atoms with Crippen molar-refractivity contribution in [2.75, 3.05) is 5.73 Å². The summed E-state index contributed by atoms with van der Waals surface area (Å²) in [5.41, 5.74) is 4.68. The Hall–Kier alpha value is -1.78. The number of anilines is 1. The molecule has 66 valence electrons. The SMILES string of the molecule is Cc1c(O)c(O)c(N)c(O)c1O. The first kappa shape index (κ1) is 8.32. The molecule has 0 radical (unpaired) electrons. The van der Waals surface area contributed by atoms with Crippen molar-refractivity contribution >= 4 is 5.69 Å². The summed E-state index contributed by atoms with van der Waals surface area (Å²) in [5.74, 6) is -2.30. The van der Waals surface area contributed by atoms with Crippen molar-refractivity contribution in [2.24, 2.45) is 0 Å². The molecular weight excluding hydrogens is 162 g/mol. The number of nitrogen functional groups attached to an aromatic ring is 1. The van der Waals surface area contributed by atoms with E-state index in [0.29, 0.717) is 0 Å². The van der Waals surface area contributed by atoms with Crippen LogP contribution in [0, 0.1) is 6.92 Å². The minimum Gasteiger partial charge on any atom is -0.504 e. The Morgan fingerprint density at radius 1 is 0.833 bits per heavy atom. The summed E-state index contributed by atoms with van der Waals surface area (Å²) >= 11 is 0. The highest BCUT2D eigenvalue weighted by atomic mass is 16.3. The molecular formula is C7H9NO4. The molecule has 0 aliphatic rings. The van der Waals surface area contributed by atoms with Gasteiger partial charge in [-0.15, -0.1) is 0 Å². The molecule has 0 fully saturated rings. The topological polar surface area (TPSA) is 107 Å². The lowest BCUT2D eigenvalue weighted by molar-refractivity contribution is 0.371. The van der Waals surface area contributed by atoms with Crippen molar-refractivity contribution < 1.29 is 20.4 Å². The van der Waals surface area contributed by atoms with Crippen LogP contribution in [0.3, 0.4) is 0 Å². The van der Waals surface area contributed by atoms with Crippen molar-refractivity contribution in [1.82, 2.24) is 0 Å². The van der Waals surface area contributed by atoms with Gasteiger partial charge in [-0.1, -0.05) is 0 Å². The quantitative estimate of drug-likeness (QED) is 0.220. The Kier molecular flexibility index (Phi) is 1.64. The molecule has 0 aliphatic carbocycles. The predicted octanol–water partition coefficient (Wildman–Crippen LogP) is 0.400. The molecule has 0 spiro atoms. The Bertz CT molecular complexity index is 230. The number of nitrogens with two attached hydrogens (primary N) is 1. The summed E-state index contributed by atoms with van der Waals surface area (Å²) in [5, 5.41) is 36.3. The van der Waals surface area contributed by atoms with E-state index in [1.807, 2.05) is 0 Å². The van der Waals surface area contributed by atoms with Crippen molar-refractivity contribution in [2.45, 2.75) is 6.92 Å². The Balaban J connectivity index is 3.60. The molecule has 0 atom stereocenters. The zero-order valence-electron chi connectivity index (χ0n) is 6.37. The van der Waals surface area contributed by atoms with E-state index >= 15 is 0 Å². The van der Waals surface area contributed by atoms with Crippen LogP contribution in [0.1, 0.15) is 5.56 Å². The Labute approximate surface area is 68.3 Å². The number of phenolic OH excluding ortho intramolecular Hbond substituents is 4. The maximum atomic E-state index is 9.09. The number of hydrogen-bond acceptors (Lipinski definition) is 5. The number of hydrogen-bond donors (Lipinski definition) is 5. The van der Waals surface area contributed by atoms with Gasteiger partial charge in [-0.05, 0) is 6.92 Å². The van der Waals surface area contributed by atoms with Gasteiger partial charge in [0.15, 0.2) is 23.0 Å². The summed E-state index contributed by atoms with van der Waals surface area (Å²) in [6.45, 7) is 1.34. The first-order valence-electron chi connectivity index (χ1n) is 3.18. The molecule has 0 aromatic heterocycles. The summed E-state index contributed by atoms with van der Waals surface area (Å²) in [7, 11) is 0. The molecule has 1 aromatic rings. The summed E-state index contributed by atoms with van der Waals surface area (Å²) in [6, 6.07) is 0. The van der Waals surface area contributed by atoms with E-state index in [4.69, 9.17) is 26.2 Å². The zero-order valence-corrected chi connectivity index (χ0v) is 6.37. The maximum absolute atomic E-state index is 9.09. The molecule has 0 aliphatic heterocycles. The first-order valence-corrected chi connectivity index (χ1v) is 3.18. The molecule has 12 heavy (non-hydrogen) atoms. The Morgan fingerprint density at radius 2 is 1.17 bits per heavy atom. The van der Waals surface area contributed by atoms with Gasteiger partial charge >= 0.3 is 0 Å². The molecule has 0 saturated carbocycles. The standard InChI is InChI=1S/C7H9NO4/c1-2-4(9)6(11)3(8)7(12)5(2)10/h9-12H,8H2,1H3. The highest BCUT2D eigenvalue weighted by Crippen LogP contribution is 2.47. The van der Waals surface area contributed by atoms with Gasteiger partial charge in [-0.3, -0.25) is 0 Å². The molecule has 6 N–H and O–H groups in total. The highest BCUT2D eigenvalue weighted by molar-refractivity contribution is 5.74. The van der Waals surface area contributed by atoms with E-state index in [-0.39, 0.29) is 5.56 Å². The predicted molar refractivity (Wildman–Crippen MR) is 42.3 cm³/mol. The van der Waals surface area contributed by atoms with E-state index in [1.54, 1.807) is 0 Å². The average Bonchev–Trinajstić information content (AvgIpc) is 2.08. The molecule has 5 heteroatoms. The third kappa shape index (κ3) is 0.868. The van der Waals surface area contributed by atoms with Gasteiger partial charge in [-0.2, -0.15) is 0 Å². The van der Waals surface area contributed by atoms with E-state index in [1.165, 1.54) is 6.92 Å². The first-order chi connectivity index (χ1) is 5.46. The molecule has 0 saturated heterocycles. The monoisotopic (exact) mass is 171 g/mol. The van der Waals surface area contributed by atoms with Crippen molar-refractivity contribution in [1.29, 1.82) is 0 Å². The van der Waals surface area contributed by atoms with Gasteiger partial charge in [0.25, 0.3) is 0 Å². The van der Waals surface area contributed by atoms with Crippen LogP contribution in [0.15, 0.2) is 0 Å². The third-order valence-corrected chi connectivity index (χ3v) is 1.67. The second kappa shape index (κ2) is 2.37. The molecule has 5 nitrogen and oxygen atoms in total. The smallest absolute Gasteiger partial charge is 0.185 e. The van der Waals surface area contributed by atoms with Crippen molar-refractivity contribution in [3.05, 3.63) is 5.56 Å². The summed E-state index contributed by atoms with van der Waals surface area (Å²) in [6.07, 6.45) is 0. The fraction of sp³-hybridized carbons (Fsp3) is 0.143. The molecule has 0 amide bonds. The lowest BCUT2D eigenvalue weighted by Crippen LogP contribution is -1.89. The number of rotatable bonds is 0. The largest absolute Gasteiger partial charge is 0.504 e. The van der Waals surface area contributed by atoms with Gasteiger partial charge in [0.05, 0.1) is 0 Å². The zero-order chi connectivity index (χ0) is 9.46. The van der Waals surface area contributed by atoms with Crippen LogP contribution >= 0.6 is 0 Å². The van der Waals surface area contributed by atoms with Crippen LogP contribution < -0.4 is 5.73 Å². The van der Waals surface area contributed by atoms with E-state index in [0.717, 1.165) is 0 Å². The fourth-order valence-corrected chi connectivity index (χ4v) is 0.835. The molecule has 0 heterocycles. The van der Waals surface area contributed by atoms with Crippen LogP contribution in [0.4, 0.5) is 5.69 Å². The third-order valence-electron chi connectivity index (χ3n) is 1.67. The second-order valence-corrected chi connectivity index (χ2v) is 2.43. The van der Waals surface area contributed by atoms with Gasteiger partial charge in [-0.25, -0.2) is 0 Å². The number of aromatic hydroxyl groups is 4. The van der Waals surface area contributed by atoms with Crippen LogP contribution in [0.5, 0.6) is 23.0 Å². The summed E-state index contributed by atoms with van der Waals surface area (Å²) in [4.78, 5) is 0. The normalized spacial score (nSPS) is 10.1.